The molecule has 0 saturated carbocycles. The number of fused-ring (bicyclic) bond motifs is 2. The summed E-state index contributed by atoms with van der Waals surface area (Å²) < 4.78 is 11.1. The highest BCUT2D eigenvalue weighted by molar-refractivity contribution is 6.00. The number of carbonyl (C=O) groups excluding carboxylic acids is 4. The number of aliphatic imine (C=N–C) groups is 2. The molecule has 400 valence electrons. The van der Waals surface area contributed by atoms with Crippen LogP contribution in [-0.4, -0.2) is 114 Å². The van der Waals surface area contributed by atoms with Gasteiger partial charge in [-0.3, -0.25) is 34.1 Å². The molecule has 6 aromatic rings. The van der Waals surface area contributed by atoms with E-state index in [0.717, 1.165) is 127 Å². The molecular formula is C62H71N9O6. The number of guanidine groups is 1. The first-order chi connectivity index (χ1) is 37.7. The first-order valence-electron chi connectivity index (χ1n) is 27.8. The number of hydrogen-bond donors (Lipinski definition) is 3. The van der Waals surface area contributed by atoms with Crippen LogP contribution in [0.25, 0.3) is 21.8 Å². The minimum Gasteiger partial charge on any atom is -0.469 e. The normalized spacial score (nSPS) is 18.1. The standard InChI is InChI=1S/C62H71N9O6/c1-76-58(72)36-44(50-32-46-10-2-4-16-55(46)64-38-50)21-19-42-23-30-71(31-24-42)61(75)49-13-9-15-53(35-49)69-62-66-40-54(41-67-62)77-59(73)37-45(51-33-47-11-3-5-17-56(47)65-39-51)22-20-43-25-28-70(29-26-43)60(74)48-12-8-14-52(34-48)68-57-18-6-7-27-63-57/h2-5,8-17,32-35,38-39,42-45,54H,6-7,18-31,36-37,40-41H2,1H3,(H,63,68)(H2,66,67,69). The molecule has 3 unspecified atom stereocenters. The molecule has 10 rings (SSSR count). The Labute approximate surface area is 451 Å². The predicted molar refractivity (Wildman–Crippen MR) is 302 cm³/mol. The molecule has 0 aliphatic carbocycles. The molecule has 2 amide bonds. The second-order valence-electron chi connectivity index (χ2n) is 21.3. The quantitative estimate of drug-likeness (QED) is 0.0740. The summed E-state index contributed by atoms with van der Waals surface area (Å²) in [4.78, 5) is 76.3. The second-order valence-corrected chi connectivity index (χ2v) is 21.3. The SMILES string of the molecule is COC(=O)CC(CCC1CCN(C(=O)c2cccc(NC3=NCC(OC(=O)CC(CCC4CCN(C(=O)c5cccc(NC6=NCCCC6)c5)CC4)c4cnc5ccccc5c4)CN3)c2)CC1)c1cnc2ccccc2c1. The number of amides is 2. The maximum absolute atomic E-state index is 13.8. The number of rotatable bonds is 17. The number of pyridine rings is 2. The fourth-order valence-electron chi connectivity index (χ4n) is 11.5. The molecule has 15 nitrogen and oxygen atoms in total. The van der Waals surface area contributed by atoms with Crippen molar-refractivity contribution in [3.8, 4) is 0 Å². The summed E-state index contributed by atoms with van der Waals surface area (Å²) in [5.41, 5.74) is 6.84. The molecule has 6 heterocycles. The zero-order chi connectivity index (χ0) is 52.9. The Morgan fingerprint density at radius 1 is 0.636 bits per heavy atom. The van der Waals surface area contributed by atoms with Crippen LogP contribution in [-0.2, 0) is 19.1 Å². The highest BCUT2D eigenvalue weighted by Gasteiger charge is 2.29. The van der Waals surface area contributed by atoms with Crippen LogP contribution in [0.2, 0.25) is 0 Å². The van der Waals surface area contributed by atoms with Gasteiger partial charge in [0.05, 0.1) is 44.1 Å². The summed E-state index contributed by atoms with van der Waals surface area (Å²) >= 11 is 0. The molecule has 4 aliphatic heterocycles. The van der Waals surface area contributed by atoms with Crippen molar-refractivity contribution < 1.29 is 28.7 Å². The number of methoxy groups -OCH3 is 1. The number of anilines is 2. The van der Waals surface area contributed by atoms with Gasteiger partial charge in [-0.25, -0.2) is 4.99 Å². The van der Waals surface area contributed by atoms with Crippen LogP contribution in [0.15, 0.2) is 132 Å². The largest absolute Gasteiger partial charge is 0.469 e. The lowest BCUT2D eigenvalue weighted by Gasteiger charge is -2.33. The summed E-state index contributed by atoms with van der Waals surface area (Å²) in [6, 6.07) is 35.6. The van der Waals surface area contributed by atoms with Gasteiger partial charge in [-0.2, -0.15) is 0 Å². The van der Waals surface area contributed by atoms with Crippen molar-refractivity contribution in [3.63, 3.8) is 0 Å². The average Bonchev–Trinajstić information content (AvgIpc) is 3.48. The first-order valence-corrected chi connectivity index (χ1v) is 27.8. The predicted octanol–water partition coefficient (Wildman–Crippen LogP) is 10.5. The number of ether oxygens (including phenoxy) is 2. The van der Waals surface area contributed by atoms with Crippen molar-refractivity contribution in [2.45, 2.75) is 101 Å². The zero-order valence-electron chi connectivity index (χ0n) is 44.2. The Kier molecular flexibility index (Phi) is 17.4. The highest BCUT2D eigenvalue weighted by atomic mass is 16.5. The Balaban J connectivity index is 0.686. The van der Waals surface area contributed by atoms with E-state index >= 15 is 0 Å². The number of likely N-dealkylation sites (tertiary alicyclic amines) is 2. The summed E-state index contributed by atoms with van der Waals surface area (Å²) in [5.74, 6) is 1.90. The van der Waals surface area contributed by atoms with Crippen LogP contribution in [0.3, 0.4) is 0 Å². The lowest BCUT2D eigenvalue weighted by Crippen LogP contribution is -2.44. The van der Waals surface area contributed by atoms with E-state index in [9.17, 15) is 19.2 Å². The van der Waals surface area contributed by atoms with Gasteiger partial charge in [-0.05, 0) is 160 Å². The minimum atomic E-state index is -0.437. The van der Waals surface area contributed by atoms with Gasteiger partial charge < -0.3 is 35.2 Å². The molecule has 4 aromatic carbocycles. The van der Waals surface area contributed by atoms with E-state index in [1.807, 2.05) is 113 Å². The van der Waals surface area contributed by atoms with E-state index in [-0.39, 0.29) is 42.0 Å². The Morgan fingerprint density at radius 3 is 1.70 bits per heavy atom. The summed E-state index contributed by atoms with van der Waals surface area (Å²) in [6.45, 7) is 4.28. The molecule has 2 fully saturated rings. The summed E-state index contributed by atoms with van der Waals surface area (Å²) in [7, 11) is 1.43. The Bertz CT molecular complexity index is 3110. The van der Waals surface area contributed by atoms with Gasteiger partial charge in [0.25, 0.3) is 11.8 Å². The molecule has 0 radical (unpaired) electrons. The number of piperidine rings is 2. The van der Waals surface area contributed by atoms with Gasteiger partial charge >= 0.3 is 11.9 Å². The van der Waals surface area contributed by atoms with E-state index in [1.165, 1.54) is 7.11 Å². The van der Waals surface area contributed by atoms with Gasteiger partial charge in [0.1, 0.15) is 11.9 Å². The van der Waals surface area contributed by atoms with Crippen LogP contribution >= 0.6 is 0 Å². The van der Waals surface area contributed by atoms with E-state index in [4.69, 9.17) is 19.5 Å². The summed E-state index contributed by atoms with van der Waals surface area (Å²) in [5, 5.41) is 12.1. The molecule has 4 aliphatic rings. The van der Waals surface area contributed by atoms with E-state index in [2.05, 4.69) is 44.1 Å². The van der Waals surface area contributed by atoms with E-state index in [0.29, 0.717) is 74.6 Å². The van der Waals surface area contributed by atoms with Crippen molar-refractivity contribution in [3.05, 3.63) is 144 Å². The lowest BCUT2D eigenvalue weighted by molar-refractivity contribution is -0.149. The number of para-hydroxylation sites is 2. The number of aromatic nitrogens is 2. The molecule has 3 atom stereocenters. The second kappa shape index (κ2) is 25.4. The molecule has 2 saturated heterocycles. The van der Waals surface area contributed by atoms with E-state index in [1.54, 1.807) is 0 Å². The molecule has 0 spiro atoms. The van der Waals surface area contributed by atoms with Crippen LogP contribution in [0.4, 0.5) is 11.4 Å². The average molecular weight is 1040 g/mol. The fourth-order valence-corrected chi connectivity index (χ4v) is 11.5. The maximum atomic E-state index is 13.8. The smallest absolute Gasteiger partial charge is 0.306 e. The number of carbonyl (C=O) groups is 4. The maximum Gasteiger partial charge on any atom is 0.306 e. The van der Waals surface area contributed by atoms with Crippen LogP contribution in [0.1, 0.15) is 127 Å². The monoisotopic (exact) mass is 1040 g/mol. The first kappa shape index (κ1) is 52.7. The van der Waals surface area contributed by atoms with Crippen molar-refractivity contribution in [1.29, 1.82) is 0 Å². The third-order valence-electron chi connectivity index (χ3n) is 16.0. The zero-order valence-corrected chi connectivity index (χ0v) is 44.2. The van der Waals surface area contributed by atoms with Crippen LogP contribution in [0, 0.1) is 11.8 Å². The van der Waals surface area contributed by atoms with Gasteiger partial charge in [0.2, 0.25) is 0 Å². The van der Waals surface area contributed by atoms with Crippen LogP contribution < -0.4 is 16.0 Å². The number of esters is 2. The topological polar surface area (TPSA) is 180 Å². The molecule has 77 heavy (non-hydrogen) atoms. The molecule has 15 heteroatoms. The van der Waals surface area contributed by atoms with Gasteiger partial charge in [0.15, 0.2) is 5.96 Å². The van der Waals surface area contributed by atoms with Crippen molar-refractivity contribution >= 4 is 68.7 Å². The molecule has 3 N–H and O–H groups in total. The van der Waals surface area contributed by atoms with Gasteiger partial charge in [-0.1, -0.05) is 48.5 Å². The number of nitrogens with zero attached hydrogens (tertiary/aromatic N) is 6. The van der Waals surface area contributed by atoms with Crippen molar-refractivity contribution in [2.24, 2.45) is 21.8 Å². The number of nitrogens with one attached hydrogen (secondary N) is 3. The lowest BCUT2D eigenvalue weighted by atomic mass is 9.85. The van der Waals surface area contributed by atoms with Crippen LogP contribution in [0.5, 0.6) is 0 Å². The molecule has 2 aromatic heterocycles. The Morgan fingerprint density at radius 2 is 1.18 bits per heavy atom. The highest BCUT2D eigenvalue weighted by Crippen LogP contribution is 2.34. The van der Waals surface area contributed by atoms with Gasteiger partial charge in [0, 0.05) is 84.8 Å². The third kappa shape index (κ3) is 14.0. The number of amidine groups is 1. The summed E-state index contributed by atoms with van der Waals surface area (Å²) in [6.07, 6.45) is 14.2. The third-order valence-corrected chi connectivity index (χ3v) is 16.0. The number of hydrogen-bond acceptors (Lipinski definition) is 13. The van der Waals surface area contributed by atoms with Crippen molar-refractivity contribution in [2.75, 3.05) is 63.6 Å². The molecular weight excluding hydrogens is 967 g/mol. The number of benzene rings is 4. The van der Waals surface area contributed by atoms with E-state index < -0.39 is 6.10 Å². The minimum absolute atomic E-state index is 0.00473. The molecule has 0 bridgehead atoms. The van der Waals surface area contributed by atoms with Gasteiger partial charge in [-0.15, -0.1) is 0 Å². The fraction of sp³-hybridized carbons (Fsp3) is 0.419. The van der Waals surface area contributed by atoms with Crippen molar-refractivity contribution in [1.82, 2.24) is 25.1 Å². The Hall–Kier alpha value is -7.68.